The highest BCUT2D eigenvalue weighted by Crippen LogP contribution is 2.26. The molecule has 2 aromatic heterocycles. The molecule has 0 fully saturated rings. The lowest BCUT2D eigenvalue weighted by atomic mass is 10.1. The van der Waals surface area contributed by atoms with Crippen LogP contribution >= 0.6 is 0 Å². The van der Waals surface area contributed by atoms with Crippen molar-refractivity contribution in [2.45, 2.75) is 13.8 Å². The number of pyridine rings is 1. The molecule has 1 aliphatic heterocycles. The molecule has 0 unspecified atom stereocenters. The van der Waals surface area contributed by atoms with Gasteiger partial charge in [0.2, 0.25) is 5.91 Å². The average molecular weight is 450 g/mol. The van der Waals surface area contributed by atoms with Crippen molar-refractivity contribution in [2.75, 3.05) is 11.9 Å². The first-order valence-electron chi connectivity index (χ1n) is 10.5. The van der Waals surface area contributed by atoms with Gasteiger partial charge in [-0.05, 0) is 43.2 Å². The number of para-hydroxylation sites is 1. The first-order valence-corrected chi connectivity index (χ1v) is 10.5. The second-order valence-corrected chi connectivity index (χ2v) is 7.99. The fraction of sp³-hybridized carbons (Fsp3) is 0.120. The van der Waals surface area contributed by atoms with Gasteiger partial charge in [-0.25, -0.2) is 4.98 Å². The average Bonchev–Trinajstić information content (AvgIpc) is 3.34. The van der Waals surface area contributed by atoms with Gasteiger partial charge in [-0.2, -0.15) is 15.0 Å². The van der Waals surface area contributed by atoms with Gasteiger partial charge in [0.25, 0.3) is 11.8 Å². The zero-order chi connectivity index (χ0) is 24.0. The lowest BCUT2D eigenvalue weighted by Crippen LogP contribution is -2.37. The number of nitriles is 1. The number of benzene rings is 2. The van der Waals surface area contributed by atoms with E-state index in [1.807, 2.05) is 44.2 Å². The summed E-state index contributed by atoms with van der Waals surface area (Å²) in [6.45, 7) is 3.40. The highest BCUT2D eigenvalue weighted by molar-refractivity contribution is 6.22. The number of nitrogens with zero attached hydrogens (tertiary/aromatic N) is 5. The van der Waals surface area contributed by atoms with Crippen LogP contribution in [0.25, 0.3) is 16.7 Å². The molecule has 0 atom stereocenters. The van der Waals surface area contributed by atoms with Gasteiger partial charge < -0.3 is 5.32 Å². The van der Waals surface area contributed by atoms with E-state index in [-0.39, 0.29) is 22.5 Å². The van der Waals surface area contributed by atoms with Gasteiger partial charge in [0.1, 0.15) is 18.2 Å². The normalized spacial score (nSPS) is 12.7. The fourth-order valence-electron chi connectivity index (χ4n) is 4.07. The number of rotatable bonds is 4. The van der Waals surface area contributed by atoms with Gasteiger partial charge >= 0.3 is 0 Å². The Morgan fingerprint density at radius 1 is 1.03 bits per heavy atom. The Hall–Kier alpha value is -4.84. The SMILES string of the molecule is Cc1cc(-n2ncc(C#N)c2NC(=O)CN2C(=O)c3ccccc3C2=O)nc2c(C)cccc12. The van der Waals surface area contributed by atoms with Crippen LogP contribution in [0.3, 0.4) is 0 Å². The smallest absolute Gasteiger partial charge is 0.262 e. The summed E-state index contributed by atoms with van der Waals surface area (Å²) in [5, 5.41) is 17.4. The number of hydrogen-bond acceptors (Lipinski definition) is 6. The molecule has 5 rings (SSSR count). The minimum atomic E-state index is -0.638. The van der Waals surface area contributed by atoms with Gasteiger partial charge in [0.05, 0.1) is 22.8 Å². The summed E-state index contributed by atoms with van der Waals surface area (Å²) in [7, 11) is 0. The third kappa shape index (κ3) is 3.29. The molecule has 34 heavy (non-hydrogen) atoms. The van der Waals surface area contributed by atoms with E-state index >= 15 is 0 Å². The van der Waals surface area contributed by atoms with Crippen LogP contribution in [0, 0.1) is 25.2 Å². The summed E-state index contributed by atoms with van der Waals surface area (Å²) in [4.78, 5) is 43.6. The zero-order valence-corrected chi connectivity index (χ0v) is 18.4. The van der Waals surface area contributed by atoms with Crippen LogP contribution in [0.5, 0.6) is 0 Å². The topological polar surface area (TPSA) is 121 Å². The lowest BCUT2D eigenvalue weighted by Gasteiger charge is -2.15. The molecule has 9 nitrogen and oxygen atoms in total. The second kappa shape index (κ2) is 7.94. The number of carbonyl (C=O) groups is 3. The van der Waals surface area contributed by atoms with E-state index in [0.717, 1.165) is 26.9 Å². The van der Waals surface area contributed by atoms with E-state index in [1.54, 1.807) is 24.3 Å². The van der Waals surface area contributed by atoms with Crippen LogP contribution in [0.15, 0.2) is 54.7 Å². The number of carbonyl (C=O) groups excluding carboxylic acids is 3. The van der Waals surface area contributed by atoms with Crippen molar-refractivity contribution in [3.05, 3.63) is 82.5 Å². The number of nitrogens with one attached hydrogen (secondary N) is 1. The van der Waals surface area contributed by atoms with Crippen molar-refractivity contribution in [3.63, 3.8) is 0 Å². The predicted molar refractivity (Wildman–Crippen MR) is 123 cm³/mol. The fourth-order valence-corrected chi connectivity index (χ4v) is 4.07. The maximum atomic E-state index is 12.9. The summed E-state index contributed by atoms with van der Waals surface area (Å²) in [5.41, 5.74) is 3.37. The summed E-state index contributed by atoms with van der Waals surface area (Å²) in [6, 6.07) is 16.1. The monoisotopic (exact) mass is 450 g/mol. The summed E-state index contributed by atoms with van der Waals surface area (Å²) in [6.07, 6.45) is 1.33. The van der Waals surface area contributed by atoms with E-state index in [0.29, 0.717) is 5.82 Å². The molecule has 1 N–H and O–H groups in total. The van der Waals surface area contributed by atoms with Gasteiger partial charge in [0, 0.05) is 5.39 Å². The number of imide groups is 1. The highest BCUT2D eigenvalue weighted by atomic mass is 16.2. The Labute approximate surface area is 194 Å². The molecular weight excluding hydrogens is 432 g/mol. The summed E-state index contributed by atoms with van der Waals surface area (Å²) in [5.74, 6) is -1.17. The van der Waals surface area contributed by atoms with Crippen molar-refractivity contribution < 1.29 is 14.4 Å². The van der Waals surface area contributed by atoms with Crippen LogP contribution < -0.4 is 5.32 Å². The molecule has 0 saturated heterocycles. The lowest BCUT2D eigenvalue weighted by molar-refractivity contribution is -0.116. The molecule has 0 bridgehead atoms. The third-order valence-electron chi connectivity index (χ3n) is 5.78. The first-order chi connectivity index (χ1) is 16.4. The standard InChI is InChI=1S/C25H18N6O3/c1-14-6-5-9-17-15(2)10-20(28-22(14)17)31-23(16(11-26)12-27-31)29-21(32)13-30-24(33)18-7-3-4-8-19(18)25(30)34/h3-10,12H,13H2,1-2H3,(H,29,32). The minimum Gasteiger partial charge on any atom is -0.308 e. The Bertz CT molecular complexity index is 1530. The number of fused-ring (bicyclic) bond motifs is 2. The molecule has 0 aliphatic carbocycles. The van der Waals surface area contributed by atoms with E-state index in [9.17, 15) is 19.6 Å². The minimum absolute atomic E-state index is 0.115. The Morgan fingerprint density at radius 3 is 2.41 bits per heavy atom. The highest BCUT2D eigenvalue weighted by Gasteiger charge is 2.36. The Morgan fingerprint density at radius 2 is 1.74 bits per heavy atom. The van der Waals surface area contributed by atoms with E-state index in [2.05, 4.69) is 10.4 Å². The quantitative estimate of drug-likeness (QED) is 0.477. The predicted octanol–water partition coefficient (Wildman–Crippen LogP) is 3.14. The van der Waals surface area contributed by atoms with Crippen LogP contribution in [0.1, 0.15) is 37.4 Å². The van der Waals surface area contributed by atoms with Gasteiger partial charge in [-0.1, -0.05) is 30.3 Å². The first kappa shape index (κ1) is 21.0. The zero-order valence-electron chi connectivity index (χ0n) is 18.4. The van der Waals surface area contributed by atoms with E-state index in [4.69, 9.17) is 4.98 Å². The molecule has 3 heterocycles. The molecule has 0 radical (unpaired) electrons. The third-order valence-corrected chi connectivity index (χ3v) is 5.78. The number of hydrogen-bond donors (Lipinski definition) is 1. The second-order valence-electron chi connectivity index (χ2n) is 7.99. The molecule has 4 aromatic rings. The largest absolute Gasteiger partial charge is 0.308 e. The van der Waals surface area contributed by atoms with E-state index in [1.165, 1.54) is 10.9 Å². The maximum absolute atomic E-state index is 12.9. The van der Waals surface area contributed by atoms with Crippen LogP contribution in [0.4, 0.5) is 5.82 Å². The van der Waals surface area contributed by atoms with Crippen molar-refractivity contribution in [1.29, 1.82) is 5.26 Å². The number of anilines is 1. The van der Waals surface area contributed by atoms with Crippen molar-refractivity contribution in [2.24, 2.45) is 0 Å². The van der Waals surface area contributed by atoms with Gasteiger partial charge in [0.15, 0.2) is 11.6 Å². The van der Waals surface area contributed by atoms with E-state index < -0.39 is 24.3 Å². The van der Waals surface area contributed by atoms with Gasteiger partial charge in [-0.3, -0.25) is 19.3 Å². The van der Waals surface area contributed by atoms with Crippen LogP contribution in [-0.4, -0.2) is 43.9 Å². The molecule has 1 aliphatic rings. The Kier molecular flexibility index (Phi) is 4.91. The Balaban J connectivity index is 1.47. The summed E-state index contributed by atoms with van der Waals surface area (Å²) >= 11 is 0. The van der Waals surface area contributed by atoms with Crippen LogP contribution in [0.2, 0.25) is 0 Å². The molecule has 0 spiro atoms. The molecular formula is C25H18N6O3. The molecule has 9 heteroatoms. The number of aromatic nitrogens is 3. The number of amides is 3. The van der Waals surface area contributed by atoms with Crippen molar-refractivity contribution in [3.8, 4) is 11.9 Å². The number of aryl methyl sites for hydroxylation is 2. The van der Waals surface area contributed by atoms with Crippen LogP contribution in [-0.2, 0) is 4.79 Å². The molecule has 166 valence electrons. The maximum Gasteiger partial charge on any atom is 0.262 e. The molecule has 0 saturated carbocycles. The van der Waals surface area contributed by atoms with Gasteiger partial charge in [-0.15, -0.1) is 0 Å². The molecule has 2 aromatic carbocycles. The summed E-state index contributed by atoms with van der Waals surface area (Å²) < 4.78 is 1.37. The van der Waals surface area contributed by atoms with Crippen molar-refractivity contribution >= 4 is 34.4 Å². The van der Waals surface area contributed by atoms with Crippen molar-refractivity contribution in [1.82, 2.24) is 19.7 Å². The molecule has 3 amide bonds.